The lowest BCUT2D eigenvalue weighted by Gasteiger charge is -2.24. The summed E-state index contributed by atoms with van der Waals surface area (Å²) >= 11 is 0. The number of hydrogen-bond donors (Lipinski definition) is 1. The molecule has 1 heterocycles. The fourth-order valence-electron chi connectivity index (χ4n) is 3.25. The number of hydrogen-bond acceptors (Lipinski definition) is 6. The van der Waals surface area contributed by atoms with E-state index in [9.17, 15) is 9.59 Å². The van der Waals surface area contributed by atoms with Gasteiger partial charge in [0, 0.05) is 23.4 Å². The van der Waals surface area contributed by atoms with Gasteiger partial charge in [0.1, 0.15) is 0 Å². The fourth-order valence-corrected chi connectivity index (χ4v) is 3.25. The van der Waals surface area contributed by atoms with E-state index in [1.54, 1.807) is 38.3 Å². The predicted octanol–water partition coefficient (Wildman–Crippen LogP) is 4.30. The Kier molecular flexibility index (Phi) is 7.48. The number of nitrogens with one attached hydrogen (secondary N) is 1. The molecule has 2 amide bonds. The largest absolute Gasteiger partial charge is 0.493 e. The van der Waals surface area contributed by atoms with Gasteiger partial charge in [0.15, 0.2) is 11.5 Å². The zero-order chi connectivity index (χ0) is 22.2. The standard InChI is InChI=1S/C23H27N3O5/c1-4-30-21-15-17(10-13-20(21)29-3)19-7-6-14-26(25-19)22(27)16-8-11-18(12-9-16)24-23(28)31-5-2/h8-13,15H,4-7,14H2,1-3H3,(H,24,28). The van der Waals surface area contributed by atoms with Crippen molar-refractivity contribution in [1.82, 2.24) is 5.01 Å². The van der Waals surface area contributed by atoms with Gasteiger partial charge in [-0.3, -0.25) is 10.1 Å². The first-order valence-corrected chi connectivity index (χ1v) is 10.3. The minimum atomic E-state index is -0.530. The van der Waals surface area contributed by atoms with E-state index in [2.05, 4.69) is 10.4 Å². The maximum atomic E-state index is 12.9. The first-order valence-electron chi connectivity index (χ1n) is 10.3. The molecule has 0 saturated heterocycles. The Hall–Kier alpha value is -3.55. The highest BCUT2D eigenvalue weighted by atomic mass is 16.5. The summed E-state index contributed by atoms with van der Waals surface area (Å²) < 4.78 is 15.8. The zero-order valence-corrected chi connectivity index (χ0v) is 18.0. The lowest BCUT2D eigenvalue weighted by molar-refractivity contribution is 0.0751. The minimum absolute atomic E-state index is 0.196. The van der Waals surface area contributed by atoms with Gasteiger partial charge >= 0.3 is 6.09 Å². The van der Waals surface area contributed by atoms with E-state index in [0.29, 0.717) is 35.9 Å². The van der Waals surface area contributed by atoms with Gasteiger partial charge in [0.2, 0.25) is 0 Å². The van der Waals surface area contributed by atoms with E-state index >= 15 is 0 Å². The normalized spacial score (nSPS) is 13.3. The predicted molar refractivity (Wildman–Crippen MR) is 118 cm³/mol. The molecule has 2 aromatic carbocycles. The summed E-state index contributed by atoms with van der Waals surface area (Å²) in [5.74, 6) is 1.11. The van der Waals surface area contributed by atoms with Crippen molar-refractivity contribution in [2.24, 2.45) is 5.10 Å². The number of rotatable bonds is 7. The Bertz CT molecular complexity index is 956. The van der Waals surface area contributed by atoms with Crippen molar-refractivity contribution in [2.45, 2.75) is 26.7 Å². The number of ether oxygens (including phenoxy) is 3. The molecule has 0 spiro atoms. The summed E-state index contributed by atoms with van der Waals surface area (Å²) in [7, 11) is 1.60. The van der Waals surface area contributed by atoms with E-state index in [1.807, 2.05) is 25.1 Å². The summed E-state index contributed by atoms with van der Waals surface area (Å²) in [6, 6.07) is 12.3. The summed E-state index contributed by atoms with van der Waals surface area (Å²) in [6.07, 6.45) is 1.05. The van der Waals surface area contributed by atoms with Gasteiger partial charge in [-0.2, -0.15) is 5.10 Å². The molecule has 8 nitrogen and oxygen atoms in total. The van der Waals surface area contributed by atoms with Crippen LogP contribution in [0.1, 0.15) is 42.6 Å². The third-order valence-electron chi connectivity index (χ3n) is 4.71. The van der Waals surface area contributed by atoms with Crippen LogP contribution >= 0.6 is 0 Å². The molecule has 3 rings (SSSR count). The average molecular weight is 425 g/mol. The molecule has 2 aromatic rings. The van der Waals surface area contributed by atoms with Crippen LogP contribution < -0.4 is 14.8 Å². The van der Waals surface area contributed by atoms with Crippen LogP contribution in [0, 0.1) is 0 Å². The second kappa shape index (κ2) is 10.5. The van der Waals surface area contributed by atoms with Crippen LogP contribution in [-0.2, 0) is 4.74 Å². The lowest BCUT2D eigenvalue weighted by atomic mass is 10.0. The van der Waals surface area contributed by atoms with E-state index in [4.69, 9.17) is 14.2 Å². The van der Waals surface area contributed by atoms with E-state index in [1.165, 1.54) is 5.01 Å². The highest BCUT2D eigenvalue weighted by Gasteiger charge is 2.21. The summed E-state index contributed by atoms with van der Waals surface area (Å²) in [6.45, 7) is 5.01. The van der Waals surface area contributed by atoms with Crippen LogP contribution in [0.25, 0.3) is 0 Å². The van der Waals surface area contributed by atoms with Gasteiger partial charge in [-0.15, -0.1) is 0 Å². The Morgan fingerprint density at radius 1 is 1.06 bits per heavy atom. The monoisotopic (exact) mass is 425 g/mol. The maximum Gasteiger partial charge on any atom is 0.411 e. The van der Waals surface area contributed by atoms with Crippen LogP contribution in [0.5, 0.6) is 11.5 Å². The third-order valence-corrected chi connectivity index (χ3v) is 4.71. The number of carbonyl (C=O) groups excluding carboxylic acids is 2. The number of benzene rings is 2. The molecule has 1 N–H and O–H groups in total. The highest BCUT2D eigenvalue weighted by molar-refractivity contribution is 6.03. The molecule has 1 aliphatic rings. The molecule has 0 aliphatic carbocycles. The molecule has 0 aromatic heterocycles. The van der Waals surface area contributed by atoms with Crippen molar-refractivity contribution < 1.29 is 23.8 Å². The molecule has 0 atom stereocenters. The van der Waals surface area contributed by atoms with Gasteiger partial charge in [0.25, 0.3) is 5.91 Å². The van der Waals surface area contributed by atoms with Crippen LogP contribution in [0.2, 0.25) is 0 Å². The van der Waals surface area contributed by atoms with E-state index in [0.717, 1.165) is 24.1 Å². The van der Waals surface area contributed by atoms with Crippen molar-refractivity contribution >= 4 is 23.4 Å². The topological polar surface area (TPSA) is 89.5 Å². The molecule has 0 unspecified atom stereocenters. The Labute approximate surface area is 181 Å². The Morgan fingerprint density at radius 2 is 1.84 bits per heavy atom. The van der Waals surface area contributed by atoms with Crippen molar-refractivity contribution in [3.8, 4) is 11.5 Å². The molecular weight excluding hydrogens is 398 g/mol. The first kappa shape index (κ1) is 22.1. The Morgan fingerprint density at radius 3 is 2.52 bits per heavy atom. The molecule has 8 heteroatoms. The van der Waals surface area contributed by atoms with Crippen molar-refractivity contribution in [2.75, 3.05) is 32.2 Å². The van der Waals surface area contributed by atoms with Crippen molar-refractivity contribution in [1.29, 1.82) is 0 Å². The minimum Gasteiger partial charge on any atom is -0.493 e. The first-order chi connectivity index (χ1) is 15.0. The van der Waals surface area contributed by atoms with Crippen LogP contribution in [0.3, 0.4) is 0 Å². The number of hydrazone groups is 1. The molecule has 0 fully saturated rings. The van der Waals surface area contributed by atoms with Gasteiger partial charge in [-0.1, -0.05) is 0 Å². The van der Waals surface area contributed by atoms with Crippen LogP contribution in [0.15, 0.2) is 47.6 Å². The number of anilines is 1. The number of nitrogens with zero attached hydrogens (tertiary/aromatic N) is 2. The van der Waals surface area contributed by atoms with Gasteiger partial charge in [-0.25, -0.2) is 9.80 Å². The van der Waals surface area contributed by atoms with Gasteiger partial charge < -0.3 is 14.2 Å². The zero-order valence-electron chi connectivity index (χ0n) is 18.0. The smallest absolute Gasteiger partial charge is 0.411 e. The molecular formula is C23H27N3O5. The molecule has 0 bridgehead atoms. The quantitative estimate of drug-likeness (QED) is 0.714. The lowest BCUT2D eigenvalue weighted by Crippen LogP contribution is -2.32. The summed E-state index contributed by atoms with van der Waals surface area (Å²) in [4.78, 5) is 24.5. The summed E-state index contributed by atoms with van der Waals surface area (Å²) in [5.41, 5.74) is 2.77. The SMILES string of the molecule is CCOC(=O)Nc1ccc(C(=O)N2CCCC(c3ccc(OC)c(OCC)c3)=N2)cc1. The number of methoxy groups -OCH3 is 1. The second-order valence-corrected chi connectivity index (χ2v) is 6.80. The number of carbonyl (C=O) groups is 2. The van der Waals surface area contributed by atoms with Crippen molar-refractivity contribution in [3.63, 3.8) is 0 Å². The average Bonchev–Trinajstić information content (AvgIpc) is 2.79. The van der Waals surface area contributed by atoms with Crippen molar-refractivity contribution in [3.05, 3.63) is 53.6 Å². The van der Waals surface area contributed by atoms with E-state index < -0.39 is 6.09 Å². The fraction of sp³-hybridized carbons (Fsp3) is 0.348. The molecule has 0 radical (unpaired) electrons. The van der Waals surface area contributed by atoms with Crippen LogP contribution in [0.4, 0.5) is 10.5 Å². The molecule has 1 aliphatic heterocycles. The maximum absolute atomic E-state index is 12.9. The van der Waals surface area contributed by atoms with E-state index in [-0.39, 0.29) is 12.5 Å². The molecule has 0 saturated carbocycles. The number of amides is 2. The molecule has 31 heavy (non-hydrogen) atoms. The van der Waals surface area contributed by atoms with Gasteiger partial charge in [-0.05, 0) is 69.2 Å². The Balaban J connectivity index is 1.76. The molecule has 164 valence electrons. The third kappa shape index (κ3) is 5.53. The van der Waals surface area contributed by atoms with Gasteiger partial charge in [0.05, 0.1) is 26.0 Å². The second-order valence-electron chi connectivity index (χ2n) is 6.80. The highest BCUT2D eigenvalue weighted by Crippen LogP contribution is 2.29. The van der Waals surface area contributed by atoms with Crippen LogP contribution in [-0.4, -0.2) is 49.6 Å². The summed E-state index contributed by atoms with van der Waals surface area (Å²) in [5, 5.41) is 8.68.